The lowest BCUT2D eigenvalue weighted by Crippen LogP contribution is -2.39. The molecule has 4 rings (SSSR count). The fourth-order valence-corrected chi connectivity index (χ4v) is 3.26. The molecule has 2 nitrogen and oxygen atoms in total. The predicted octanol–water partition coefficient (Wildman–Crippen LogP) is 2.46. The summed E-state index contributed by atoms with van der Waals surface area (Å²) < 4.78 is 0. The molecule has 0 spiro atoms. The lowest BCUT2D eigenvalue weighted by molar-refractivity contribution is 0.618. The second-order valence-electron chi connectivity index (χ2n) is 6.13. The van der Waals surface area contributed by atoms with E-state index in [0.717, 1.165) is 12.8 Å². The van der Waals surface area contributed by atoms with E-state index in [-0.39, 0.29) is 0 Å². The molecule has 0 atom stereocenters. The summed E-state index contributed by atoms with van der Waals surface area (Å²) in [7, 11) is 0.922. The monoisotopic (exact) mass is 310 g/mol. The molecular formula is C21H19BN2. The maximum atomic E-state index is 4.71. The third-order valence-electron chi connectivity index (χ3n) is 4.50. The maximum absolute atomic E-state index is 4.71. The van der Waals surface area contributed by atoms with Gasteiger partial charge in [-0.15, -0.1) is 0 Å². The molecular weight excluding hydrogens is 291 g/mol. The van der Waals surface area contributed by atoms with Crippen LogP contribution in [0.1, 0.15) is 16.9 Å². The van der Waals surface area contributed by atoms with Crippen molar-refractivity contribution in [3.63, 3.8) is 0 Å². The van der Waals surface area contributed by atoms with E-state index in [1.54, 1.807) is 0 Å². The molecule has 0 N–H and O–H groups in total. The van der Waals surface area contributed by atoms with Crippen molar-refractivity contribution in [3.05, 3.63) is 107 Å². The number of nitrogens with zero attached hydrogens (tertiary/aromatic N) is 2. The Labute approximate surface area is 143 Å². The first kappa shape index (κ1) is 14.8. The van der Waals surface area contributed by atoms with Gasteiger partial charge < -0.3 is 4.81 Å². The van der Waals surface area contributed by atoms with Gasteiger partial charge in [0.25, 0.3) is 0 Å². The normalized spacial score (nSPS) is 13.0. The van der Waals surface area contributed by atoms with Crippen molar-refractivity contribution in [2.75, 3.05) is 6.67 Å². The number of hydrogen-bond donors (Lipinski definition) is 0. The van der Waals surface area contributed by atoms with Gasteiger partial charge in [-0.3, -0.25) is 4.99 Å². The topological polar surface area (TPSA) is 15.6 Å². The molecule has 1 aliphatic rings. The average molecular weight is 310 g/mol. The number of para-hydroxylation sites is 1. The molecule has 3 heteroatoms. The summed E-state index contributed by atoms with van der Waals surface area (Å²) in [5.41, 5.74) is 2.69. The van der Waals surface area contributed by atoms with Gasteiger partial charge in [0.2, 0.25) is 7.41 Å². The van der Waals surface area contributed by atoms with Crippen LogP contribution in [0.5, 0.6) is 0 Å². The van der Waals surface area contributed by atoms with Gasteiger partial charge in [-0.25, -0.2) is 0 Å². The van der Waals surface area contributed by atoms with E-state index in [1.807, 2.05) is 6.07 Å². The van der Waals surface area contributed by atoms with E-state index in [4.69, 9.17) is 4.99 Å². The molecule has 0 aromatic heterocycles. The SMILES string of the molecule is B(C(c1ccccc1)c1ccccc1)N1C=c2ccccc2=NC1. The standard InChI is InChI=1S/C21H19BN2/c1-3-9-17(10-4-1)21(18-11-5-2-6-12-18)22-24-15-19-13-7-8-14-20(19)23-16-24/h1-15,21-22H,16H2. The first-order valence-corrected chi connectivity index (χ1v) is 8.35. The zero-order chi connectivity index (χ0) is 16.2. The van der Waals surface area contributed by atoms with Crippen LogP contribution >= 0.6 is 0 Å². The highest BCUT2D eigenvalue weighted by molar-refractivity contribution is 6.37. The van der Waals surface area contributed by atoms with Crippen LogP contribution in [-0.2, 0) is 0 Å². The van der Waals surface area contributed by atoms with Crippen LogP contribution in [0.2, 0.25) is 0 Å². The quantitative estimate of drug-likeness (QED) is 0.676. The number of hydrogen-bond acceptors (Lipinski definition) is 2. The Hall–Kier alpha value is -2.81. The summed E-state index contributed by atoms with van der Waals surface area (Å²) in [4.78, 5) is 7.02. The molecule has 0 aliphatic carbocycles. The minimum atomic E-state index is 0.337. The molecule has 1 heterocycles. The highest BCUT2D eigenvalue weighted by Gasteiger charge is 2.19. The van der Waals surface area contributed by atoms with Crippen molar-refractivity contribution < 1.29 is 0 Å². The molecule has 3 aromatic rings. The summed E-state index contributed by atoms with van der Waals surface area (Å²) >= 11 is 0. The fourth-order valence-electron chi connectivity index (χ4n) is 3.26. The van der Waals surface area contributed by atoms with Gasteiger partial charge >= 0.3 is 0 Å². The predicted molar refractivity (Wildman–Crippen MR) is 100 cm³/mol. The van der Waals surface area contributed by atoms with Crippen molar-refractivity contribution >= 4 is 13.6 Å². The molecule has 0 saturated heterocycles. The zero-order valence-corrected chi connectivity index (χ0v) is 13.5. The molecule has 3 aromatic carbocycles. The molecule has 1 aliphatic heterocycles. The van der Waals surface area contributed by atoms with Gasteiger partial charge in [0.15, 0.2) is 0 Å². The third-order valence-corrected chi connectivity index (χ3v) is 4.50. The van der Waals surface area contributed by atoms with Crippen LogP contribution in [0.4, 0.5) is 0 Å². The van der Waals surface area contributed by atoms with Gasteiger partial charge in [0.1, 0.15) is 0 Å². The van der Waals surface area contributed by atoms with E-state index >= 15 is 0 Å². The molecule has 24 heavy (non-hydrogen) atoms. The third kappa shape index (κ3) is 3.11. The lowest BCUT2D eigenvalue weighted by Gasteiger charge is -2.26. The van der Waals surface area contributed by atoms with E-state index in [1.165, 1.54) is 16.3 Å². The van der Waals surface area contributed by atoms with Crippen LogP contribution in [0.3, 0.4) is 0 Å². The summed E-state index contributed by atoms with van der Waals surface area (Å²) in [6.45, 7) is 0.715. The Balaban J connectivity index is 1.67. The van der Waals surface area contributed by atoms with Gasteiger partial charge in [-0.2, -0.15) is 0 Å². The number of fused-ring (bicyclic) bond motifs is 1. The van der Waals surface area contributed by atoms with Crippen LogP contribution in [0, 0.1) is 0 Å². The fraction of sp³-hybridized carbons (Fsp3) is 0.0952. The second-order valence-corrected chi connectivity index (χ2v) is 6.13. The molecule has 0 fully saturated rings. The summed E-state index contributed by atoms with van der Waals surface area (Å²) in [5.74, 6) is 0.337. The van der Waals surface area contributed by atoms with E-state index in [0.29, 0.717) is 12.5 Å². The minimum Gasteiger partial charge on any atom is -0.405 e. The molecule has 0 unspecified atom stereocenters. The van der Waals surface area contributed by atoms with Gasteiger partial charge in [-0.05, 0) is 23.4 Å². The lowest BCUT2D eigenvalue weighted by atomic mass is 9.66. The largest absolute Gasteiger partial charge is 0.405 e. The highest BCUT2D eigenvalue weighted by atomic mass is 15.1. The van der Waals surface area contributed by atoms with E-state index in [2.05, 4.69) is 89.9 Å². The first-order valence-electron chi connectivity index (χ1n) is 8.35. The van der Waals surface area contributed by atoms with Crippen molar-refractivity contribution in [3.8, 4) is 0 Å². The maximum Gasteiger partial charge on any atom is 0.249 e. The minimum absolute atomic E-state index is 0.337. The van der Waals surface area contributed by atoms with Crippen molar-refractivity contribution in [2.24, 2.45) is 4.99 Å². The Morgan fingerprint density at radius 2 is 1.33 bits per heavy atom. The van der Waals surface area contributed by atoms with E-state index < -0.39 is 0 Å². The van der Waals surface area contributed by atoms with Crippen molar-refractivity contribution in [2.45, 2.75) is 5.82 Å². The highest BCUT2D eigenvalue weighted by Crippen LogP contribution is 2.24. The Morgan fingerprint density at radius 1 is 0.750 bits per heavy atom. The summed E-state index contributed by atoms with van der Waals surface area (Å²) in [5, 5.41) is 2.29. The van der Waals surface area contributed by atoms with Crippen LogP contribution < -0.4 is 10.6 Å². The van der Waals surface area contributed by atoms with Gasteiger partial charge in [-0.1, -0.05) is 78.9 Å². The number of benzene rings is 3. The molecule has 0 saturated carbocycles. The van der Waals surface area contributed by atoms with Crippen LogP contribution in [0.25, 0.3) is 6.20 Å². The summed E-state index contributed by atoms with van der Waals surface area (Å²) in [6.07, 6.45) is 2.24. The smallest absolute Gasteiger partial charge is 0.249 e. The second kappa shape index (κ2) is 6.75. The molecule has 0 bridgehead atoms. The van der Waals surface area contributed by atoms with Crippen molar-refractivity contribution in [1.82, 2.24) is 4.81 Å². The average Bonchev–Trinajstić information content (AvgIpc) is 2.67. The zero-order valence-electron chi connectivity index (χ0n) is 13.5. The van der Waals surface area contributed by atoms with Gasteiger partial charge in [0, 0.05) is 11.0 Å². The Morgan fingerprint density at radius 3 is 2.00 bits per heavy atom. The number of rotatable bonds is 4. The Kier molecular flexibility index (Phi) is 4.15. The van der Waals surface area contributed by atoms with Gasteiger partial charge in [0.05, 0.1) is 12.0 Å². The van der Waals surface area contributed by atoms with E-state index in [9.17, 15) is 0 Å². The van der Waals surface area contributed by atoms with Crippen molar-refractivity contribution in [1.29, 1.82) is 0 Å². The van der Waals surface area contributed by atoms with Crippen LogP contribution in [-0.4, -0.2) is 18.9 Å². The molecule has 0 amide bonds. The Bertz CT molecular complexity index is 883. The molecule has 116 valence electrons. The first-order chi connectivity index (χ1) is 11.9. The van der Waals surface area contributed by atoms with Crippen LogP contribution in [0.15, 0.2) is 89.9 Å². The summed E-state index contributed by atoms with van der Waals surface area (Å²) in [6, 6.07) is 29.8. The molecule has 0 radical (unpaired) electrons.